The molecule has 0 amide bonds. The molecule has 0 aromatic heterocycles. The summed E-state index contributed by atoms with van der Waals surface area (Å²) in [4.78, 5) is 0. The fraction of sp³-hybridized carbons (Fsp3) is 0.182. The summed E-state index contributed by atoms with van der Waals surface area (Å²) in [6, 6.07) is 21.7. The SMILES string of the molecule is C/C(=C(/C)c1c(C)ccc2ccccc12)c1ccccc1C. The van der Waals surface area contributed by atoms with Gasteiger partial charge in [0, 0.05) is 0 Å². The van der Waals surface area contributed by atoms with Crippen molar-refractivity contribution in [1.29, 1.82) is 0 Å². The van der Waals surface area contributed by atoms with Crippen molar-refractivity contribution in [3.63, 3.8) is 0 Å². The van der Waals surface area contributed by atoms with Crippen LogP contribution in [0.25, 0.3) is 21.9 Å². The van der Waals surface area contributed by atoms with Crippen molar-refractivity contribution in [1.82, 2.24) is 0 Å². The topological polar surface area (TPSA) is 0 Å². The van der Waals surface area contributed by atoms with Gasteiger partial charge >= 0.3 is 0 Å². The zero-order chi connectivity index (χ0) is 15.7. The molecule has 0 nitrogen and oxygen atoms in total. The normalized spacial score (nSPS) is 12.4. The zero-order valence-corrected chi connectivity index (χ0v) is 13.8. The van der Waals surface area contributed by atoms with Crippen LogP contribution in [-0.2, 0) is 0 Å². The Morgan fingerprint density at radius 1 is 0.636 bits per heavy atom. The van der Waals surface area contributed by atoms with Gasteiger partial charge in [0.05, 0.1) is 0 Å². The number of fused-ring (bicyclic) bond motifs is 1. The molecule has 0 atom stereocenters. The van der Waals surface area contributed by atoms with E-state index < -0.39 is 0 Å². The minimum atomic E-state index is 1.31. The van der Waals surface area contributed by atoms with Crippen LogP contribution in [0.2, 0.25) is 0 Å². The largest absolute Gasteiger partial charge is 0.0620 e. The molecule has 3 aromatic carbocycles. The predicted octanol–water partition coefficient (Wildman–Crippen LogP) is 6.41. The summed E-state index contributed by atoms with van der Waals surface area (Å²) in [5.74, 6) is 0. The average molecular weight is 286 g/mol. The van der Waals surface area contributed by atoms with Crippen molar-refractivity contribution in [2.45, 2.75) is 27.7 Å². The molecule has 22 heavy (non-hydrogen) atoms. The third-order valence-corrected chi connectivity index (χ3v) is 4.62. The minimum absolute atomic E-state index is 1.31. The van der Waals surface area contributed by atoms with Crippen LogP contribution in [0.3, 0.4) is 0 Å². The summed E-state index contributed by atoms with van der Waals surface area (Å²) in [5, 5.41) is 2.65. The van der Waals surface area contributed by atoms with Gasteiger partial charge in [0.15, 0.2) is 0 Å². The molecule has 110 valence electrons. The van der Waals surface area contributed by atoms with Crippen LogP contribution >= 0.6 is 0 Å². The molecular formula is C22H22. The van der Waals surface area contributed by atoms with Gasteiger partial charge in [-0.15, -0.1) is 0 Å². The second-order valence-electron chi connectivity index (χ2n) is 6.04. The number of hydrogen-bond acceptors (Lipinski definition) is 0. The van der Waals surface area contributed by atoms with E-state index in [1.165, 1.54) is 44.2 Å². The molecule has 0 fully saturated rings. The molecular weight excluding hydrogens is 264 g/mol. The highest BCUT2D eigenvalue weighted by Gasteiger charge is 2.10. The summed E-state index contributed by atoms with van der Waals surface area (Å²) in [7, 11) is 0. The average Bonchev–Trinajstić information content (AvgIpc) is 2.54. The Labute approximate surface area is 133 Å². The molecule has 0 N–H and O–H groups in total. The molecule has 0 heteroatoms. The Bertz CT molecular complexity index is 866. The summed E-state index contributed by atoms with van der Waals surface area (Å²) in [6.45, 7) is 8.87. The van der Waals surface area contributed by atoms with E-state index in [1.807, 2.05) is 0 Å². The molecule has 0 unspecified atom stereocenters. The Kier molecular flexibility index (Phi) is 3.85. The molecule has 0 bridgehead atoms. The van der Waals surface area contributed by atoms with Crippen LogP contribution in [-0.4, -0.2) is 0 Å². The zero-order valence-electron chi connectivity index (χ0n) is 13.8. The Balaban J connectivity index is 2.29. The van der Waals surface area contributed by atoms with E-state index in [2.05, 4.69) is 88.4 Å². The minimum Gasteiger partial charge on any atom is -0.0620 e. The van der Waals surface area contributed by atoms with Crippen molar-refractivity contribution < 1.29 is 0 Å². The Hall–Kier alpha value is -2.34. The Morgan fingerprint density at radius 3 is 2.09 bits per heavy atom. The first-order chi connectivity index (χ1) is 10.6. The molecule has 0 radical (unpaired) electrons. The summed E-state index contributed by atoms with van der Waals surface area (Å²) in [6.07, 6.45) is 0. The van der Waals surface area contributed by atoms with Crippen LogP contribution < -0.4 is 0 Å². The third kappa shape index (κ3) is 2.46. The van der Waals surface area contributed by atoms with E-state index >= 15 is 0 Å². The fourth-order valence-electron chi connectivity index (χ4n) is 3.26. The highest BCUT2D eigenvalue weighted by atomic mass is 14.1. The van der Waals surface area contributed by atoms with Gasteiger partial charge in [-0.3, -0.25) is 0 Å². The first-order valence-corrected chi connectivity index (χ1v) is 7.82. The van der Waals surface area contributed by atoms with Gasteiger partial charge in [-0.05, 0) is 71.9 Å². The molecule has 0 saturated heterocycles. The van der Waals surface area contributed by atoms with Crippen LogP contribution in [0, 0.1) is 13.8 Å². The monoisotopic (exact) mass is 286 g/mol. The third-order valence-electron chi connectivity index (χ3n) is 4.62. The van der Waals surface area contributed by atoms with Crippen molar-refractivity contribution in [2.24, 2.45) is 0 Å². The maximum absolute atomic E-state index is 2.25. The maximum atomic E-state index is 2.25. The van der Waals surface area contributed by atoms with E-state index in [1.54, 1.807) is 0 Å². The van der Waals surface area contributed by atoms with Crippen molar-refractivity contribution in [3.8, 4) is 0 Å². The Morgan fingerprint density at radius 2 is 1.32 bits per heavy atom. The van der Waals surface area contributed by atoms with Gasteiger partial charge in [0.1, 0.15) is 0 Å². The van der Waals surface area contributed by atoms with Crippen molar-refractivity contribution in [3.05, 3.63) is 82.9 Å². The van der Waals surface area contributed by atoms with Gasteiger partial charge in [0.25, 0.3) is 0 Å². The van der Waals surface area contributed by atoms with E-state index in [0.717, 1.165) is 0 Å². The molecule has 0 spiro atoms. The quantitative estimate of drug-likeness (QED) is 0.478. The smallest absolute Gasteiger partial charge is 0.0106 e. The maximum Gasteiger partial charge on any atom is -0.0106 e. The van der Waals surface area contributed by atoms with Crippen LogP contribution in [0.4, 0.5) is 0 Å². The van der Waals surface area contributed by atoms with E-state index in [-0.39, 0.29) is 0 Å². The van der Waals surface area contributed by atoms with Crippen molar-refractivity contribution >= 4 is 21.9 Å². The first-order valence-electron chi connectivity index (χ1n) is 7.82. The van der Waals surface area contributed by atoms with Gasteiger partial charge in [0.2, 0.25) is 0 Å². The standard InChI is InChI=1S/C22H22/c1-15-9-5-7-11-20(15)17(3)18(4)22-16(2)13-14-19-10-6-8-12-21(19)22/h5-14H,1-4H3/b18-17+. The van der Waals surface area contributed by atoms with E-state index in [4.69, 9.17) is 0 Å². The summed E-state index contributed by atoms with van der Waals surface area (Å²) in [5.41, 5.74) is 8.11. The number of hydrogen-bond donors (Lipinski definition) is 0. The van der Waals surface area contributed by atoms with E-state index in [0.29, 0.717) is 0 Å². The van der Waals surface area contributed by atoms with Crippen LogP contribution in [0.5, 0.6) is 0 Å². The molecule has 3 aromatic rings. The second kappa shape index (κ2) is 5.81. The molecule has 0 aliphatic rings. The lowest BCUT2D eigenvalue weighted by molar-refractivity contribution is 1.39. The lowest BCUT2D eigenvalue weighted by atomic mass is 9.89. The summed E-state index contributed by atoms with van der Waals surface area (Å²) < 4.78 is 0. The number of aryl methyl sites for hydroxylation is 2. The number of benzene rings is 3. The van der Waals surface area contributed by atoms with Crippen LogP contribution in [0.15, 0.2) is 60.7 Å². The van der Waals surface area contributed by atoms with Gasteiger partial charge in [-0.25, -0.2) is 0 Å². The molecule has 0 aliphatic carbocycles. The van der Waals surface area contributed by atoms with Gasteiger partial charge < -0.3 is 0 Å². The highest BCUT2D eigenvalue weighted by molar-refractivity contribution is 6.01. The molecule has 0 heterocycles. The van der Waals surface area contributed by atoms with Crippen LogP contribution in [0.1, 0.15) is 36.1 Å². The highest BCUT2D eigenvalue weighted by Crippen LogP contribution is 2.33. The number of rotatable bonds is 2. The molecule has 0 saturated carbocycles. The molecule has 0 aliphatic heterocycles. The summed E-state index contributed by atoms with van der Waals surface area (Å²) >= 11 is 0. The second-order valence-corrected chi connectivity index (χ2v) is 6.04. The first kappa shape index (κ1) is 14.6. The predicted molar refractivity (Wildman–Crippen MR) is 98.0 cm³/mol. The number of allylic oxidation sites excluding steroid dienone is 2. The lowest BCUT2D eigenvalue weighted by Crippen LogP contribution is -1.93. The lowest BCUT2D eigenvalue weighted by Gasteiger charge is -2.16. The van der Waals surface area contributed by atoms with Crippen molar-refractivity contribution in [2.75, 3.05) is 0 Å². The molecule has 3 rings (SSSR count). The van der Waals surface area contributed by atoms with E-state index in [9.17, 15) is 0 Å². The van der Waals surface area contributed by atoms with Gasteiger partial charge in [-0.2, -0.15) is 0 Å². The fourth-order valence-corrected chi connectivity index (χ4v) is 3.26. The van der Waals surface area contributed by atoms with Gasteiger partial charge in [-0.1, -0.05) is 60.7 Å².